The van der Waals surface area contributed by atoms with E-state index >= 15 is 0 Å². The van der Waals surface area contributed by atoms with E-state index in [1.54, 1.807) is 22.8 Å². The molecule has 0 unspecified atom stereocenters. The number of alkyl halides is 3. The van der Waals surface area contributed by atoms with Gasteiger partial charge in [-0.05, 0) is 42.0 Å². The molecule has 11 heteroatoms. The minimum atomic E-state index is -4.55. The molecular weight excluding hydrogens is 520 g/mol. The van der Waals surface area contributed by atoms with Gasteiger partial charge in [0.2, 0.25) is 0 Å². The highest BCUT2D eigenvalue weighted by Crippen LogP contribution is 2.31. The molecule has 0 bridgehead atoms. The van der Waals surface area contributed by atoms with Gasteiger partial charge < -0.3 is 5.32 Å². The summed E-state index contributed by atoms with van der Waals surface area (Å²) >= 11 is 14.0. The van der Waals surface area contributed by atoms with Crippen LogP contribution in [0.1, 0.15) is 27.3 Å². The fraction of sp³-hybridized carbons (Fsp3) is 0.125. The first-order valence-electron chi connectivity index (χ1n) is 10.2. The normalized spacial score (nSPS) is 11.5. The molecule has 3 aromatic carbocycles. The zero-order chi connectivity index (χ0) is 25.0. The Labute approximate surface area is 213 Å². The van der Waals surface area contributed by atoms with Gasteiger partial charge in [-0.3, -0.25) is 9.36 Å². The molecule has 5 nitrogen and oxygen atoms in total. The highest BCUT2D eigenvalue weighted by atomic mass is 35.5. The van der Waals surface area contributed by atoms with Crippen LogP contribution in [0.5, 0.6) is 0 Å². The predicted octanol–water partition coefficient (Wildman–Crippen LogP) is 6.82. The molecule has 4 rings (SSSR count). The van der Waals surface area contributed by atoms with Crippen molar-refractivity contribution >= 4 is 40.9 Å². The van der Waals surface area contributed by atoms with Gasteiger partial charge in [-0.25, -0.2) is 0 Å². The second-order valence-electron chi connectivity index (χ2n) is 7.37. The third-order valence-corrected chi connectivity index (χ3v) is 6.47. The Hall–Kier alpha value is -3.01. The maximum Gasteiger partial charge on any atom is 0.416 e. The molecule has 0 saturated heterocycles. The van der Waals surface area contributed by atoms with Crippen molar-refractivity contribution in [3.05, 3.63) is 105 Å². The van der Waals surface area contributed by atoms with Crippen LogP contribution in [0.2, 0.25) is 10.0 Å². The van der Waals surface area contributed by atoms with E-state index in [2.05, 4.69) is 15.5 Å². The number of hydrogen-bond donors (Lipinski definition) is 1. The summed E-state index contributed by atoms with van der Waals surface area (Å²) in [7, 11) is 0. The molecular formula is C24H17Cl2F3N4OS. The topological polar surface area (TPSA) is 59.8 Å². The van der Waals surface area contributed by atoms with Crippen molar-refractivity contribution in [3.63, 3.8) is 0 Å². The molecule has 1 N–H and O–H groups in total. The zero-order valence-corrected chi connectivity index (χ0v) is 20.2. The first-order valence-corrected chi connectivity index (χ1v) is 12.0. The molecule has 0 saturated carbocycles. The number of hydrogen-bond acceptors (Lipinski definition) is 4. The SMILES string of the molecule is O=C(NCc1nnc(SCc2ccccc2)n1-c1cc(Cl)ccc1Cl)c1cccc(C(F)(F)F)c1. The Balaban J connectivity index is 1.60. The Morgan fingerprint density at radius 1 is 0.971 bits per heavy atom. The fourth-order valence-corrected chi connectivity index (χ4v) is 4.52. The maximum absolute atomic E-state index is 13.0. The van der Waals surface area contributed by atoms with Gasteiger partial charge in [-0.1, -0.05) is 71.4 Å². The van der Waals surface area contributed by atoms with Gasteiger partial charge in [0, 0.05) is 16.3 Å². The molecule has 0 atom stereocenters. The summed E-state index contributed by atoms with van der Waals surface area (Å²) in [5.74, 6) is 0.264. The van der Waals surface area contributed by atoms with Gasteiger partial charge in [0.15, 0.2) is 11.0 Å². The van der Waals surface area contributed by atoms with Crippen LogP contribution in [0.15, 0.2) is 78.0 Å². The van der Waals surface area contributed by atoms with Gasteiger partial charge in [0.1, 0.15) is 0 Å². The molecule has 4 aromatic rings. The summed E-state index contributed by atoms with van der Waals surface area (Å²) in [6, 6.07) is 18.9. The quantitative estimate of drug-likeness (QED) is 0.263. The van der Waals surface area contributed by atoms with Crippen LogP contribution < -0.4 is 5.32 Å². The molecule has 180 valence electrons. The second kappa shape index (κ2) is 10.7. The van der Waals surface area contributed by atoms with Crippen LogP contribution >= 0.6 is 35.0 Å². The van der Waals surface area contributed by atoms with E-state index in [0.29, 0.717) is 32.5 Å². The number of amides is 1. The van der Waals surface area contributed by atoms with Crippen LogP contribution in [-0.4, -0.2) is 20.7 Å². The van der Waals surface area contributed by atoms with Crippen molar-refractivity contribution in [2.24, 2.45) is 0 Å². The van der Waals surface area contributed by atoms with Gasteiger partial charge in [0.25, 0.3) is 5.91 Å². The lowest BCUT2D eigenvalue weighted by atomic mass is 10.1. The summed E-state index contributed by atoms with van der Waals surface area (Å²) in [4.78, 5) is 12.6. The van der Waals surface area contributed by atoms with Crippen molar-refractivity contribution in [1.82, 2.24) is 20.1 Å². The number of halogens is 5. The van der Waals surface area contributed by atoms with Crippen molar-refractivity contribution in [2.75, 3.05) is 0 Å². The molecule has 1 amide bonds. The lowest BCUT2D eigenvalue weighted by Gasteiger charge is -2.13. The first-order chi connectivity index (χ1) is 16.7. The number of carbonyl (C=O) groups excluding carboxylic acids is 1. The third-order valence-electron chi connectivity index (χ3n) is 4.92. The van der Waals surface area contributed by atoms with Gasteiger partial charge >= 0.3 is 6.18 Å². The summed E-state index contributed by atoms with van der Waals surface area (Å²) in [6.07, 6.45) is -4.55. The van der Waals surface area contributed by atoms with Crippen molar-refractivity contribution < 1.29 is 18.0 Å². The van der Waals surface area contributed by atoms with E-state index in [0.717, 1.165) is 17.7 Å². The van der Waals surface area contributed by atoms with Crippen LogP contribution in [0, 0.1) is 0 Å². The van der Waals surface area contributed by atoms with Crippen molar-refractivity contribution in [3.8, 4) is 5.69 Å². The van der Waals surface area contributed by atoms with Crippen molar-refractivity contribution in [2.45, 2.75) is 23.6 Å². The molecule has 0 radical (unpaired) electrons. The van der Waals surface area contributed by atoms with E-state index < -0.39 is 17.6 Å². The van der Waals surface area contributed by atoms with Crippen molar-refractivity contribution in [1.29, 1.82) is 0 Å². The molecule has 35 heavy (non-hydrogen) atoms. The number of benzene rings is 3. The number of nitrogens with zero attached hydrogens (tertiary/aromatic N) is 3. The number of thioether (sulfide) groups is 1. The highest BCUT2D eigenvalue weighted by Gasteiger charge is 2.31. The fourth-order valence-electron chi connectivity index (χ4n) is 3.23. The zero-order valence-electron chi connectivity index (χ0n) is 17.9. The van der Waals surface area contributed by atoms with E-state index in [-0.39, 0.29) is 12.1 Å². The van der Waals surface area contributed by atoms with E-state index in [9.17, 15) is 18.0 Å². The number of nitrogens with one attached hydrogen (secondary N) is 1. The number of carbonyl (C=O) groups is 1. The maximum atomic E-state index is 13.0. The highest BCUT2D eigenvalue weighted by molar-refractivity contribution is 7.98. The number of aromatic nitrogens is 3. The second-order valence-corrected chi connectivity index (χ2v) is 9.15. The summed E-state index contributed by atoms with van der Waals surface area (Å²) in [5.41, 5.74) is 0.565. The Bertz CT molecular complexity index is 1350. The van der Waals surface area contributed by atoms with Crippen LogP contribution in [-0.2, 0) is 18.5 Å². The number of rotatable bonds is 7. The standard InChI is InChI=1S/C24H17Cl2F3N4OS/c25-18-9-10-19(26)20(12-18)33-21(31-32-23(33)35-14-15-5-2-1-3-6-15)13-30-22(34)16-7-4-8-17(11-16)24(27,28)29/h1-12H,13-14H2,(H,30,34). The summed E-state index contributed by atoms with van der Waals surface area (Å²) in [6.45, 7) is -0.100. The molecule has 0 spiro atoms. The van der Waals surface area contributed by atoms with E-state index in [1.165, 1.54) is 23.9 Å². The lowest BCUT2D eigenvalue weighted by Crippen LogP contribution is -2.25. The third kappa shape index (κ3) is 6.17. The average Bonchev–Trinajstić information content (AvgIpc) is 3.25. The van der Waals surface area contributed by atoms with Gasteiger partial charge in [0.05, 0.1) is 22.8 Å². The van der Waals surface area contributed by atoms with Gasteiger partial charge in [-0.2, -0.15) is 13.2 Å². The van der Waals surface area contributed by atoms with Gasteiger partial charge in [-0.15, -0.1) is 10.2 Å². The van der Waals surface area contributed by atoms with Crippen LogP contribution in [0.3, 0.4) is 0 Å². The molecule has 0 aliphatic heterocycles. The average molecular weight is 537 g/mol. The molecule has 1 heterocycles. The molecule has 0 aliphatic carbocycles. The minimum Gasteiger partial charge on any atom is -0.345 e. The van der Waals surface area contributed by atoms with E-state index in [4.69, 9.17) is 23.2 Å². The van der Waals surface area contributed by atoms with Crippen LogP contribution in [0.4, 0.5) is 13.2 Å². The Morgan fingerprint density at radius 3 is 2.49 bits per heavy atom. The predicted molar refractivity (Wildman–Crippen MR) is 130 cm³/mol. The largest absolute Gasteiger partial charge is 0.416 e. The Kier molecular flexibility index (Phi) is 7.69. The van der Waals surface area contributed by atoms with E-state index in [1.807, 2.05) is 30.3 Å². The Morgan fingerprint density at radius 2 is 1.74 bits per heavy atom. The first kappa shape index (κ1) is 25.1. The molecule has 0 aliphatic rings. The summed E-state index contributed by atoms with van der Waals surface area (Å²) < 4.78 is 40.7. The summed E-state index contributed by atoms with van der Waals surface area (Å²) in [5, 5.41) is 12.4. The smallest absolute Gasteiger partial charge is 0.345 e. The molecule has 0 fully saturated rings. The molecule has 1 aromatic heterocycles. The van der Waals surface area contributed by atoms with Crippen LogP contribution in [0.25, 0.3) is 5.69 Å². The minimum absolute atomic E-state index is 0.100. The monoisotopic (exact) mass is 536 g/mol. The lowest BCUT2D eigenvalue weighted by molar-refractivity contribution is -0.137.